The van der Waals surface area contributed by atoms with Gasteiger partial charge in [-0.25, -0.2) is 0 Å². The Morgan fingerprint density at radius 1 is 1.65 bits per heavy atom. The highest BCUT2D eigenvalue weighted by molar-refractivity contribution is 6.02. The van der Waals surface area contributed by atoms with Gasteiger partial charge in [-0.05, 0) is 18.4 Å². The number of aromatic nitrogens is 1. The van der Waals surface area contributed by atoms with Crippen LogP contribution in [0.4, 0.5) is 5.82 Å². The highest BCUT2D eigenvalue weighted by Gasteiger charge is 2.14. The predicted octanol–water partition coefficient (Wildman–Crippen LogP) is 2.48. The summed E-state index contributed by atoms with van der Waals surface area (Å²) >= 11 is 0. The normalized spacial score (nSPS) is 10.4. The first-order valence-electron chi connectivity index (χ1n) is 5.64. The number of H-pyrrole nitrogens is 1. The Bertz CT molecular complexity index is 486. The molecule has 0 fully saturated rings. The molecular weight excluding hydrogens is 214 g/mol. The summed E-state index contributed by atoms with van der Waals surface area (Å²) in [7, 11) is 0. The minimum atomic E-state index is -0.148. The van der Waals surface area contributed by atoms with E-state index < -0.39 is 0 Å². The van der Waals surface area contributed by atoms with Gasteiger partial charge in [0.05, 0.1) is 0 Å². The molecule has 3 N–H and O–H groups in total. The minimum absolute atomic E-state index is 0.148. The third kappa shape index (κ3) is 3.06. The number of pyridine rings is 1. The Morgan fingerprint density at radius 3 is 2.76 bits per heavy atom. The van der Waals surface area contributed by atoms with Gasteiger partial charge in [-0.2, -0.15) is 0 Å². The number of nitrogens with one attached hydrogen (secondary N) is 3. The molecule has 1 heterocycles. The average molecular weight is 233 g/mol. The summed E-state index contributed by atoms with van der Waals surface area (Å²) in [5.74, 6) is 0.811. The number of hydrogen-bond donors (Lipinski definition) is 3. The highest BCUT2D eigenvalue weighted by Crippen LogP contribution is 2.23. The first-order chi connectivity index (χ1) is 7.97. The van der Waals surface area contributed by atoms with Crippen LogP contribution in [0.2, 0.25) is 0 Å². The molecule has 1 aromatic heterocycles. The van der Waals surface area contributed by atoms with E-state index in [0.717, 1.165) is 11.1 Å². The third-order valence-electron chi connectivity index (χ3n) is 2.49. The molecule has 0 spiro atoms. The molecule has 0 aromatic carbocycles. The molecule has 17 heavy (non-hydrogen) atoms. The molecule has 4 heteroatoms. The van der Waals surface area contributed by atoms with Crippen LogP contribution in [0.1, 0.15) is 37.8 Å². The first-order valence-corrected chi connectivity index (χ1v) is 5.64. The second-order valence-corrected chi connectivity index (χ2v) is 4.29. The molecule has 0 bridgehead atoms. The quantitative estimate of drug-likeness (QED) is 0.540. The van der Waals surface area contributed by atoms with Crippen LogP contribution >= 0.6 is 0 Å². The minimum Gasteiger partial charge on any atom is -0.368 e. The molecule has 0 unspecified atom stereocenters. The fourth-order valence-corrected chi connectivity index (χ4v) is 1.75. The standard InChI is InChI=1S/C13H19N3O/c1-5-6-15-13-12(9(4)14)10(8(2)3)7-11(17)16-13/h5,7-8,14H,1,6H2,2-4H3,(H2,15,16,17). The van der Waals surface area contributed by atoms with Crippen LogP contribution in [0.3, 0.4) is 0 Å². The van der Waals surface area contributed by atoms with Gasteiger partial charge in [0, 0.05) is 23.9 Å². The van der Waals surface area contributed by atoms with Gasteiger partial charge < -0.3 is 15.7 Å². The molecule has 0 amide bonds. The van der Waals surface area contributed by atoms with Gasteiger partial charge in [-0.3, -0.25) is 4.79 Å². The molecule has 0 aliphatic carbocycles. The van der Waals surface area contributed by atoms with Gasteiger partial charge >= 0.3 is 0 Å². The van der Waals surface area contributed by atoms with Crippen LogP contribution in [0, 0.1) is 5.41 Å². The summed E-state index contributed by atoms with van der Waals surface area (Å²) in [5, 5.41) is 10.9. The second-order valence-electron chi connectivity index (χ2n) is 4.29. The summed E-state index contributed by atoms with van der Waals surface area (Å²) in [6.45, 7) is 9.92. The lowest BCUT2D eigenvalue weighted by Crippen LogP contribution is -2.18. The fourth-order valence-electron chi connectivity index (χ4n) is 1.75. The largest absolute Gasteiger partial charge is 0.368 e. The summed E-state index contributed by atoms with van der Waals surface area (Å²) in [6.07, 6.45) is 1.71. The van der Waals surface area contributed by atoms with E-state index in [4.69, 9.17) is 5.41 Å². The van der Waals surface area contributed by atoms with Crippen molar-refractivity contribution in [2.24, 2.45) is 0 Å². The molecule has 1 aromatic rings. The molecule has 0 saturated heterocycles. The Kier molecular flexibility index (Phi) is 4.26. The maximum Gasteiger partial charge on any atom is 0.249 e. The third-order valence-corrected chi connectivity index (χ3v) is 2.49. The lowest BCUT2D eigenvalue weighted by molar-refractivity contribution is 0.856. The molecule has 1 rings (SSSR count). The number of hydrogen-bond acceptors (Lipinski definition) is 3. The summed E-state index contributed by atoms with van der Waals surface area (Å²) in [5.41, 5.74) is 1.97. The van der Waals surface area contributed by atoms with E-state index in [9.17, 15) is 4.79 Å². The monoisotopic (exact) mass is 233 g/mol. The van der Waals surface area contributed by atoms with E-state index in [-0.39, 0.29) is 11.5 Å². The van der Waals surface area contributed by atoms with Crippen molar-refractivity contribution in [3.63, 3.8) is 0 Å². The second kappa shape index (κ2) is 5.48. The molecule has 4 nitrogen and oxygen atoms in total. The maximum absolute atomic E-state index is 11.6. The van der Waals surface area contributed by atoms with E-state index in [1.807, 2.05) is 13.8 Å². The van der Waals surface area contributed by atoms with Crippen molar-refractivity contribution in [2.75, 3.05) is 11.9 Å². The molecule has 0 saturated carbocycles. The number of rotatable bonds is 5. The number of anilines is 1. The van der Waals surface area contributed by atoms with Crippen molar-refractivity contribution < 1.29 is 0 Å². The van der Waals surface area contributed by atoms with Crippen molar-refractivity contribution in [1.29, 1.82) is 5.41 Å². The highest BCUT2D eigenvalue weighted by atomic mass is 16.1. The molecule has 0 aliphatic heterocycles. The van der Waals surface area contributed by atoms with Crippen molar-refractivity contribution in [3.05, 3.63) is 40.2 Å². The first kappa shape index (κ1) is 13.2. The van der Waals surface area contributed by atoms with Crippen molar-refractivity contribution >= 4 is 11.5 Å². The van der Waals surface area contributed by atoms with Gasteiger partial charge in [0.25, 0.3) is 0 Å². The lowest BCUT2D eigenvalue weighted by atomic mass is 9.96. The van der Waals surface area contributed by atoms with E-state index in [1.165, 1.54) is 0 Å². The zero-order valence-electron chi connectivity index (χ0n) is 10.6. The Morgan fingerprint density at radius 2 is 2.29 bits per heavy atom. The molecule has 0 aliphatic rings. The van der Waals surface area contributed by atoms with Crippen LogP contribution in [0.15, 0.2) is 23.5 Å². The smallest absolute Gasteiger partial charge is 0.249 e. The topological polar surface area (TPSA) is 68.7 Å². The Hall–Kier alpha value is -1.84. The van der Waals surface area contributed by atoms with E-state index in [1.54, 1.807) is 19.1 Å². The predicted molar refractivity (Wildman–Crippen MR) is 72.3 cm³/mol. The van der Waals surface area contributed by atoms with Crippen LogP contribution in [0.5, 0.6) is 0 Å². The van der Waals surface area contributed by atoms with E-state index in [0.29, 0.717) is 18.1 Å². The van der Waals surface area contributed by atoms with Crippen molar-refractivity contribution in [1.82, 2.24) is 4.98 Å². The van der Waals surface area contributed by atoms with Gasteiger partial charge in [-0.1, -0.05) is 19.9 Å². The van der Waals surface area contributed by atoms with Gasteiger partial charge in [0.1, 0.15) is 5.82 Å². The van der Waals surface area contributed by atoms with Gasteiger partial charge in [0.2, 0.25) is 5.56 Å². The van der Waals surface area contributed by atoms with Gasteiger partial charge in [0.15, 0.2) is 0 Å². The van der Waals surface area contributed by atoms with Crippen molar-refractivity contribution in [2.45, 2.75) is 26.7 Å². The van der Waals surface area contributed by atoms with E-state index in [2.05, 4.69) is 16.9 Å². The maximum atomic E-state index is 11.6. The lowest BCUT2D eigenvalue weighted by Gasteiger charge is -2.16. The van der Waals surface area contributed by atoms with Crippen LogP contribution < -0.4 is 10.9 Å². The summed E-state index contributed by atoms with van der Waals surface area (Å²) < 4.78 is 0. The summed E-state index contributed by atoms with van der Waals surface area (Å²) in [6, 6.07) is 1.57. The Balaban J connectivity index is 3.40. The average Bonchev–Trinajstić information content (AvgIpc) is 2.24. The molecule has 0 radical (unpaired) electrons. The fraction of sp³-hybridized carbons (Fsp3) is 0.385. The van der Waals surface area contributed by atoms with Gasteiger partial charge in [-0.15, -0.1) is 6.58 Å². The zero-order valence-corrected chi connectivity index (χ0v) is 10.6. The number of aromatic amines is 1. The SMILES string of the molecule is C=CCNc1[nH]c(=O)cc(C(C)C)c1C(C)=N. The van der Waals surface area contributed by atoms with Crippen molar-refractivity contribution in [3.8, 4) is 0 Å². The Labute approximate surface area is 101 Å². The molecule has 0 atom stereocenters. The van der Waals surface area contributed by atoms with Crippen LogP contribution in [-0.4, -0.2) is 17.2 Å². The zero-order chi connectivity index (χ0) is 13.0. The van der Waals surface area contributed by atoms with Crippen LogP contribution in [-0.2, 0) is 0 Å². The van der Waals surface area contributed by atoms with Crippen LogP contribution in [0.25, 0.3) is 0 Å². The molecule has 92 valence electrons. The molecular formula is C13H19N3O. The summed E-state index contributed by atoms with van der Waals surface area (Å²) in [4.78, 5) is 14.3. The van der Waals surface area contributed by atoms with E-state index >= 15 is 0 Å².